The smallest absolute Gasteiger partial charge is 0.410 e. The molecule has 2 aliphatic rings. The molecule has 52 heavy (non-hydrogen) atoms. The summed E-state index contributed by atoms with van der Waals surface area (Å²) in [6.45, 7) is 10.7. The number of alkyl carbamates (subject to hydrolysis) is 1. The van der Waals surface area contributed by atoms with Crippen LogP contribution in [-0.2, 0) is 14.3 Å². The zero-order valence-electron chi connectivity index (χ0n) is 30.3. The van der Waals surface area contributed by atoms with Crippen LogP contribution in [0.5, 0.6) is 0 Å². The van der Waals surface area contributed by atoms with Crippen molar-refractivity contribution >= 4 is 50.2 Å². The van der Waals surface area contributed by atoms with Gasteiger partial charge in [-0.15, -0.1) is 22.7 Å². The van der Waals surface area contributed by atoms with E-state index in [1.54, 1.807) is 27.6 Å². The number of imidazole rings is 2. The fourth-order valence-corrected chi connectivity index (χ4v) is 9.36. The number of fused-ring (bicyclic) bond motifs is 1. The number of rotatable bonds is 8. The Morgan fingerprint density at radius 1 is 0.846 bits per heavy atom. The maximum absolute atomic E-state index is 13.5. The van der Waals surface area contributed by atoms with Gasteiger partial charge in [0.1, 0.15) is 23.3 Å². The first-order chi connectivity index (χ1) is 24.9. The Kier molecular flexibility index (Phi) is 9.87. The average molecular weight is 744 g/mol. The number of ether oxygens (including phenoxy) is 2. The minimum Gasteiger partial charge on any atom is -0.453 e. The van der Waals surface area contributed by atoms with Crippen molar-refractivity contribution < 1.29 is 23.9 Å². The largest absolute Gasteiger partial charge is 0.453 e. The molecule has 3 N–H and O–H groups in total. The number of aromatic nitrogens is 4. The summed E-state index contributed by atoms with van der Waals surface area (Å²) in [5.41, 5.74) is 3.44. The quantitative estimate of drug-likeness (QED) is 0.144. The van der Waals surface area contributed by atoms with Crippen molar-refractivity contribution in [3.05, 3.63) is 60.4 Å². The van der Waals surface area contributed by atoms with Gasteiger partial charge in [0.25, 0.3) is 0 Å². The van der Waals surface area contributed by atoms with Gasteiger partial charge in [0.2, 0.25) is 5.91 Å². The SMILES string of the molecule is COC(=O)NC(C(=O)N1CCCC1c1ncc(-c2ccc(-c3cc4sc(-c5cnc(C6CCCN6C(=O)OC(C)(C)C)[nH]5)cc4s3)cc2)[nH]1)C(C)C. The summed E-state index contributed by atoms with van der Waals surface area (Å²) in [7, 11) is 1.30. The number of aromatic amines is 2. The highest BCUT2D eigenvalue weighted by molar-refractivity contribution is 7.31. The van der Waals surface area contributed by atoms with Gasteiger partial charge < -0.3 is 29.7 Å². The Hall–Kier alpha value is -4.69. The lowest BCUT2D eigenvalue weighted by atomic mass is 10.0. The van der Waals surface area contributed by atoms with Crippen LogP contribution in [0.25, 0.3) is 41.7 Å². The highest BCUT2D eigenvalue weighted by Crippen LogP contribution is 2.42. The van der Waals surface area contributed by atoms with Crippen molar-refractivity contribution in [1.82, 2.24) is 35.1 Å². The Balaban J connectivity index is 1.02. The Bertz CT molecular complexity index is 2040. The van der Waals surface area contributed by atoms with Crippen molar-refractivity contribution in [3.8, 4) is 32.3 Å². The first kappa shape index (κ1) is 35.7. The summed E-state index contributed by atoms with van der Waals surface area (Å²) in [4.78, 5) is 60.5. The Labute approximate surface area is 310 Å². The van der Waals surface area contributed by atoms with Crippen molar-refractivity contribution in [2.45, 2.75) is 84.0 Å². The second-order valence-electron chi connectivity index (χ2n) is 14.8. The van der Waals surface area contributed by atoms with Crippen LogP contribution in [0, 0.1) is 5.92 Å². The third kappa shape index (κ3) is 7.31. The zero-order valence-corrected chi connectivity index (χ0v) is 32.0. The predicted molar refractivity (Wildman–Crippen MR) is 203 cm³/mol. The molecule has 2 fully saturated rings. The van der Waals surface area contributed by atoms with E-state index in [4.69, 9.17) is 9.47 Å². The van der Waals surface area contributed by atoms with E-state index < -0.39 is 17.7 Å². The monoisotopic (exact) mass is 743 g/mol. The van der Waals surface area contributed by atoms with E-state index in [0.717, 1.165) is 64.7 Å². The van der Waals surface area contributed by atoms with Gasteiger partial charge in [0, 0.05) is 27.4 Å². The molecule has 3 unspecified atom stereocenters. The van der Waals surface area contributed by atoms with Crippen LogP contribution in [-0.4, -0.2) is 79.7 Å². The summed E-state index contributed by atoms with van der Waals surface area (Å²) in [6, 6.07) is 11.9. The lowest BCUT2D eigenvalue weighted by Gasteiger charge is -2.30. The summed E-state index contributed by atoms with van der Waals surface area (Å²) >= 11 is 3.48. The summed E-state index contributed by atoms with van der Waals surface area (Å²) in [5.74, 6) is 1.32. The lowest BCUT2D eigenvalue weighted by molar-refractivity contribution is -0.135. The predicted octanol–water partition coefficient (Wildman–Crippen LogP) is 8.53. The first-order valence-electron chi connectivity index (χ1n) is 17.8. The first-order valence-corrected chi connectivity index (χ1v) is 19.4. The number of hydrogen-bond acceptors (Lipinski definition) is 9. The van der Waals surface area contributed by atoms with Gasteiger partial charge in [-0.1, -0.05) is 38.1 Å². The highest BCUT2D eigenvalue weighted by atomic mass is 32.1. The number of nitrogens with zero attached hydrogens (tertiary/aromatic N) is 4. The van der Waals surface area contributed by atoms with Gasteiger partial charge in [-0.2, -0.15) is 0 Å². The number of thiophene rings is 2. The van der Waals surface area contributed by atoms with Gasteiger partial charge in [0.15, 0.2) is 0 Å². The summed E-state index contributed by atoms with van der Waals surface area (Å²) < 4.78 is 12.8. The lowest BCUT2D eigenvalue weighted by Crippen LogP contribution is -2.51. The van der Waals surface area contributed by atoms with E-state index in [1.165, 1.54) is 21.4 Å². The molecule has 2 aliphatic heterocycles. The minimum atomic E-state index is -0.673. The van der Waals surface area contributed by atoms with E-state index in [9.17, 15) is 14.4 Å². The zero-order chi connectivity index (χ0) is 36.7. The molecule has 0 bridgehead atoms. The number of hydrogen-bond donors (Lipinski definition) is 3. The van der Waals surface area contributed by atoms with Crippen LogP contribution in [0.1, 0.15) is 84.0 Å². The van der Waals surface area contributed by atoms with Gasteiger partial charge >= 0.3 is 12.2 Å². The van der Waals surface area contributed by atoms with Crippen LogP contribution < -0.4 is 5.32 Å². The second kappa shape index (κ2) is 14.4. The number of likely N-dealkylation sites (tertiary alicyclic amines) is 2. The molecular weight excluding hydrogens is 699 g/mol. The molecule has 0 saturated carbocycles. The number of H-pyrrole nitrogens is 2. The van der Waals surface area contributed by atoms with E-state index in [-0.39, 0.29) is 30.0 Å². The molecule has 2 saturated heterocycles. The van der Waals surface area contributed by atoms with Gasteiger partial charge in [-0.3, -0.25) is 9.69 Å². The van der Waals surface area contributed by atoms with Crippen molar-refractivity contribution in [1.29, 1.82) is 0 Å². The Morgan fingerprint density at radius 2 is 1.40 bits per heavy atom. The molecule has 7 rings (SSSR count). The molecule has 0 aliphatic carbocycles. The maximum Gasteiger partial charge on any atom is 0.410 e. The molecule has 4 aromatic heterocycles. The molecule has 0 radical (unpaired) electrons. The van der Waals surface area contributed by atoms with Crippen molar-refractivity contribution in [2.75, 3.05) is 20.2 Å². The molecule has 3 atom stereocenters. The molecule has 3 amide bonds. The van der Waals surface area contributed by atoms with Crippen LogP contribution in [0.15, 0.2) is 48.8 Å². The summed E-state index contributed by atoms with van der Waals surface area (Å²) in [6.07, 6.45) is 6.21. The fourth-order valence-electron chi connectivity index (χ4n) is 6.99. The molecule has 1 aromatic carbocycles. The molecule has 5 aromatic rings. The number of methoxy groups -OCH3 is 1. The number of carbonyl (C=O) groups is 3. The van der Waals surface area contributed by atoms with Crippen molar-refractivity contribution in [3.63, 3.8) is 0 Å². The number of amides is 3. The summed E-state index contributed by atoms with van der Waals surface area (Å²) in [5, 5.41) is 2.70. The molecule has 6 heterocycles. The van der Waals surface area contributed by atoms with Crippen LogP contribution >= 0.6 is 22.7 Å². The second-order valence-corrected chi connectivity index (χ2v) is 16.9. The highest BCUT2D eigenvalue weighted by Gasteiger charge is 2.38. The average Bonchev–Trinajstić information content (AvgIpc) is 3.94. The van der Waals surface area contributed by atoms with Gasteiger partial charge in [-0.05, 0) is 75.6 Å². The van der Waals surface area contributed by atoms with E-state index in [2.05, 4.69) is 61.7 Å². The molecular formula is C38H45N7O5S2. The maximum atomic E-state index is 13.5. The Morgan fingerprint density at radius 3 is 2.04 bits per heavy atom. The fraction of sp³-hybridized carbons (Fsp3) is 0.447. The van der Waals surface area contributed by atoms with Gasteiger partial charge in [-0.25, -0.2) is 19.6 Å². The van der Waals surface area contributed by atoms with Crippen LogP contribution in [0.3, 0.4) is 0 Å². The molecule has 0 spiro atoms. The van der Waals surface area contributed by atoms with E-state index in [0.29, 0.717) is 13.1 Å². The van der Waals surface area contributed by atoms with E-state index in [1.807, 2.05) is 51.9 Å². The molecule has 12 nitrogen and oxygen atoms in total. The third-order valence-corrected chi connectivity index (χ3v) is 12.0. The topological polar surface area (TPSA) is 146 Å². The van der Waals surface area contributed by atoms with Gasteiger partial charge in [0.05, 0.1) is 47.9 Å². The van der Waals surface area contributed by atoms with Crippen LogP contribution in [0.2, 0.25) is 0 Å². The normalized spacial score (nSPS) is 18.4. The number of nitrogens with one attached hydrogen (secondary N) is 3. The van der Waals surface area contributed by atoms with Crippen molar-refractivity contribution in [2.24, 2.45) is 5.92 Å². The van der Waals surface area contributed by atoms with E-state index >= 15 is 0 Å². The molecule has 274 valence electrons. The van der Waals surface area contributed by atoms with Crippen LogP contribution in [0.4, 0.5) is 9.59 Å². The minimum absolute atomic E-state index is 0.0917. The third-order valence-electron chi connectivity index (χ3n) is 9.58. The standard InChI is InChI=1S/C38H45N7O5S2/c1-21(2)32(43-36(47)49-6)35(46)44-15-7-9-26(44)33-39-19-24(41-33)22-11-13-23(14-12-22)28-17-30-31(51-28)18-29(52-30)25-20-40-34(42-25)27-10-8-16-45(27)37(48)50-38(3,4)5/h11-14,17-21,26-27,32H,7-10,15-16H2,1-6H3,(H,39,41)(H,40,42)(H,43,47). The number of carbonyl (C=O) groups excluding carboxylic acids is 3. The number of benzene rings is 1. The molecule has 14 heteroatoms.